The van der Waals surface area contributed by atoms with Crippen LogP contribution in [0, 0.1) is 12.8 Å². The highest BCUT2D eigenvalue weighted by molar-refractivity contribution is 6.35. The van der Waals surface area contributed by atoms with Crippen LogP contribution in [0.4, 0.5) is 0 Å². The Hall–Kier alpha value is -2.34. The number of pyridine rings is 1. The molecule has 7 heteroatoms. The SMILES string of the molecule is Cc1ccc(C(=O)N(Cc2ccc(-c3cc(Cl)ccc3Cl)o2)C2CCN(CCC(C)C)CC2)nc1. The standard InChI is InChI=1S/C28H33Cl2N3O2/c1-19(2)10-13-32-14-11-22(12-15-32)33(28(34)26-8-4-20(3)17-31-26)18-23-6-9-27(35-23)24-16-21(29)5-7-25(24)30/h4-9,16-17,19,22H,10-15,18H2,1-3H3. The number of aromatic nitrogens is 1. The number of likely N-dealkylation sites (tertiary alicyclic amines) is 1. The zero-order valence-electron chi connectivity index (χ0n) is 20.6. The van der Waals surface area contributed by atoms with E-state index in [1.807, 2.05) is 36.1 Å². The first-order valence-electron chi connectivity index (χ1n) is 12.3. The highest BCUT2D eigenvalue weighted by Gasteiger charge is 2.30. The summed E-state index contributed by atoms with van der Waals surface area (Å²) in [5.41, 5.74) is 2.23. The minimum Gasteiger partial charge on any atom is -0.459 e. The van der Waals surface area contributed by atoms with E-state index in [0.29, 0.717) is 39.7 Å². The van der Waals surface area contributed by atoms with Gasteiger partial charge in [-0.25, -0.2) is 0 Å². The monoisotopic (exact) mass is 513 g/mol. The third-order valence-corrected chi connectivity index (χ3v) is 7.16. The van der Waals surface area contributed by atoms with E-state index in [1.165, 1.54) is 6.42 Å². The molecule has 0 saturated carbocycles. The molecule has 1 fully saturated rings. The van der Waals surface area contributed by atoms with Gasteiger partial charge in [-0.2, -0.15) is 0 Å². The van der Waals surface area contributed by atoms with E-state index >= 15 is 0 Å². The number of aryl methyl sites for hydroxylation is 1. The van der Waals surface area contributed by atoms with Crippen molar-refractivity contribution in [1.29, 1.82) is 0 Å². The maximum absolute atomic E-state index is 13.6. The average Bonchev–Trinajstić information content (AvgIpc) is 3.31. The van der Waals surface area contributed by atoms with Crippen LogP contribution in [0.1, 0.15) is 54.9 Å². The minimum absolute atomic E-state index is 0.0654. The number of halogens is 2. The lowest BCUT2D eigenvalue weighted by atomic mass is 10.0. The van der Waals surface area contributed by atoms with Crippen LogP contribution in [0.5, 0.6) is 0 Å². The molecule has 186 valence electrons. The number of nitrogens with zero attached hydrogens (tertiary/aromatic N) is 3. The molecule has 0 N–H and O–H groups in total. The number of carbonyl (C=O) groups excluding carboxylic acids is 1. The van der Waals surface area contributed by atoms with Crippen molar-refractivity contribution in [3.63, 3.8) is 0 Å². The first-order valence-corrected chi connectivity index (χ1v) is 13.1. The second kappa shape index (κ2) is 11.6. The second-order valence-corrected chi connectivity index (χ2v) is 10.6. The Morgan fingerprint density at radius 2 is 1.91 bits per heavy atom. The molecule has 0 unspecified atom stereocenters. The van der Waals surface area contributed by atoms with Gasteiger partial charge in [0.25, 0.3) is 5.91 Å². The lowest BCUT2D eigenvalue weighted by molar-refractivity contribution is 0.0522. The van der Waals surface area contributed by atoms with Gasteiger partial charge in [-0.1, -0.05) is 43.1 Å². The fourth-order valence-electron chi connectivity index (χ4n) is 4.47. The lowest BCUT2D eigenvalue weighted by Crippen LogP contribution is -2.47. The summed E-state index contributed by atoms with van der Waals surface area (Å²) >= 11 is 12.5. The fraction of sp³-hybridized carbons (Fsp3) is 0.429. The van der Waals surface area contributed by atoms with Crippen molar-refractivity contribution < 1.29 is 9.21 Å². The van der Waals surface area contributed by atoms with E-state index in [9.17, 15) is 4.79 Å². The van der Waals surface area contributed by atoms with E-state index in [2.05, 4.69) is 23.7 Å². The molecule has 1 aromatic carbocycles. The summed E-state index contributed by atoms with van der Waals surface area (Å²) in [5.74, 6) is 1.97. The van der Waals surface area contributed by atoms with Crippen LogP contribution >= 0.6 is 23.2 Å². The van der Waals surface area contributed by atoms with Crippen molar-refractivity contribution in [1.82, 2.24) is 14.8 Å². The molecule has 0 spiro atoms. The van der Waals surface area contributed by atoms with Gasteiger partial charge in [-0.05, 0) is 80.6 Å². The number of furan rings is 1. The van der Waals surface area contributed by atoms with Gasteiger partial charge >= 0.3 is 0 Å². The molecule has 1 aliphatic rings. The molecule has 2 aromatic heterocycles. The molecule has 35 heavy (non-hydrogen) atoms. The molecular formula is C28H33Cl2N3O2. The van der Waals surface area contributed by atoms with E-state index < -0.39 is 0 Å². The van der Waals surface area contributed by atoms with Gasteiger partial charge in [0.1, 0.15) is 17.2 Å². The Balaban J connectivity index is 1.53. The number of piperidine rings is 1. The van der Waals surface area contributed by atoms with E-state index in [0.717, 1.165) is 43.6 Å². The Morgan fingerprint density at radius 1 is 1.14 bits per heavy atom. The molecule has 1 amide bonds. The summed E-state index contributed by atoms with van der Waals surface area (Å²) in [6.45, 7) is 9.96. The van der Waals surface area contributed by atoms with Gasteiger partial charge in [-0.15, -0.1) is 0 Å². The summed E-state index contributed by atoms with van der Waals surface area (Å²) in [6.07, 6.45) is 4.81. The fourth-order valence-corrected chi connectivity index (χ4v) is 4.85. The molecular weight excluding hydrogens is 481 g/mol. The van der Waals surface area contributed by atoms with E-state index in [-0.39, 0.29) is 11.9 Å². The van der Waals surface area contributed by atoms with Crippen LogP contribution in [0.3, 0.4) is 0 Å². The smallest absolute Gasteiger partial charge is 0.273 e. The van der Waals surface area contributed by atoms with Gasteiger partial charge in [-0.3, -0.25) is 9.78 Å². The summed E-state index contributed by atoms with van der Waals surface area (Å²) in [7, 11) is 0. The number of amides is 1. The van der Waals surface area contributed by atoms with Crippen molar-refractivity contribution in [2.75, 3.05) is 19.6 Å². The average molecular weight is 514 g/mol. The van der Waals surface area contributed by atoms with E-state index in [4.69, 9.17) is 27.6 Å². The van der Waals surface area contributed by atoms with Gasteiger partial charge < -0.3 is 14.2 Å². The zero-order valence-corrected chi connectivity index (χ0v) is 22.1. The summed E-state index contributed by atoms with van der Waals surface area (Å²) < 4.78 is 6.15. The zero-order chi connectivity index (χ0) is 24.9. The van der Waals surface area contributed by atoms with Crippen LogP contribution in [-0.4, -0.2) is 46.4 Å². The Labute approximate surface area is 218 Å². The topological polar surface area (TPSA) is 49.6 Å². The van der Waals surface area contributed by atoms with Gasteiger partial charge in [0.2, 0.25) is 0 Å². The molecule has 0 bridgehead atoms. The lowest BCUT2D eigenvalue weighted by Gasteiger charge is -2.38. The van der Waals surface area contributed by atoms with Crippen LogP contribution in [0.2, 0.25) is 10.0 Å². The molecule has 3 aromatic rings. The third kappa shape index (κ3) is 6.66. The Morgan fingerprint density at radius 3 is 2.60 bits per heavy atom. The maximum Gasteiger partial charge on any atom is 0.273 e. The molecule has 0 radical (unpaired) electrons. The van der Waals surface area contributed by atoms with Crippen LogP contribution < -0.4 is 0 Å². The van der Waals surface area contributed by atoms with Gasteiger partial charge in [0.15, 0.2) is 0 Å². The Kier molecular flexibility index (Phi) is 8.53. The normalized spacial score (nSPS) is 15.0. The third-order valence-electron chi connectivity index (χ3n) is 6.59. The minimum atomic E-state index is -0.0654. The molecule has 1 aliphatic heterocycles. The number of hydrogen-bond donors (Lipinski definition) is 0. The highest BCUT2D eigenvalue weighted by atomic mass is 35.5. The molecule has 3 heterocycles. The van der Waals surface area contributed by atoms with Crippen LogP contribution in [-0.2, 0) is 6.54 Å². The number of rotatable bonds is 8. The molecule has 1 saturated heterocycles. The predicted molar refractivity (Wildman–Crippen MR) is 142 cm³/mol. The first-order chi connectivity index (χ1) is 16.8. The molecule has 0 aliphatic carbocycles. The largest absolute Gasteiger partial charge is 0.459 e. The van der Waals surface area contributed by atoms with Gasteiger partial charge in [0.05, 0.1) is 11.6 Å². The van der Waals surface area contributed by atoms with Crippen LogP contribution in [0.25, 0.3) is 11.3 Å². The van der Waals surface area contributed by atoms with Crippen LogP contribution in [0.15, 0.2) is 53.1 Å². The second-order valence-electron chi connectivity index (χ2n) is 9.80. The number of hydrogen-bond acceptors (Lipinski definition) is 4. The molecule has 0 atom stereocenters. The number of benzene rings is 1. The van der Waals surface area contributed by atoms with Crippen molar-refractivity contribution in [2.24, 2.45) is 5.92 Å². The summed E-state index contributed by atoms with van der Waals surface area (Å²) in [6, 6.07) is 13.0. The highest BCUT2D eigenvalue weighted by Crippen LogP contribution is 2.32. The molecule has 4 rings (SSSR count). The van der Waals surface area contributed by atoms with Gasteiger partial charge in [0, 0.05) is 35.9 Å². The van der Waals surface area contributed by atoms with Crippen molar-refractivity contribution >= 4 is 29.1 Å². The molecule has 5 nitrogen and oxygen atoms in total. The maximum atomic E-state index is 13.6. The summed E-state index contributed by atoms with van der Waals surface area (Å²) in [5, 5.41) is 1.16. The number of carbonyl (C=O) groups is 1. The van der Waals surface area contributed by atoms with Crippen molar-refractivity contribution in [3.05, 3.63) is 75.7 Å². The van der Waals surface area contributed by atoms with Crippen molar-refractivity contribution in [2.45, 2.75) is 52.6 Å². The first kappa shape index (κ1) is 25.7. The Bertz CT molecular complexity index is 1140. The van der Waals surface area contributed by atoms with Crippen molar-refractivity contribution in [3.8, 4) is 11.3 Å². The predicted octanol–water partition coefficient (Wildman–Crippen LogP) is 7.11. The summed E-state index contributed by atoms with van der Waals surface area (Å²) in [4.78, 5) is 22.5. The quantitative estimate of drug-likeness (QED) is 0.322. The van der Waals surface area contributed by atoms with E-state index in [1.54, 1.807) is 24.4 Å².